The van der Waals surface area contributed by atoms with Crippen molar-refractivity contribution in [1.82, 2.24) is 4.72 Å². The number of benzene rings is 1. The Morgan fingerprint density at radius 1 is 1.50 bits per heavy atom. The number of fused-ring (bicyclic) bond motifs is 1. The molecule has 12 heavy (non-hydrogen) atoms. The summed E-state index contributed by atoms with van der Waals surface area (Å²) in [5, 5.41) is 3.36. The molecular weight excluding hydrogens is 168 g/mol. The van der Waals surface area contributed by atoms with Crippen LogP contribution in [0, 0.1) is 0 Å². The van der Waals surface area contributed by atoms with Crippen LogP contribution in [0.2, 0.25) is 0 Å². The summed E-state index contributed by atoms with van der Waals surface area (Å²) in [6, 6.07) is 6.39. The molecule has 2 N–H and O–H groups in total. The standard InChI is InChI=1S/C9H12N2S/c1-10-12-9-4-2-3-8-7(9)5-6-11-8/h2-4,10-11H,5-6H2,1H3. The zero-order chi connectivity index (χ0) is 8.39. The minimum absolute atomic E-state index is 1.08. The third-order valence-electron chi connectivity index (χ3n) is 2.04. The first-order valence-electron chi connectivity index (χ1n) is 4.11. The lowest BCUT2D eigenvalue weighted by molar-refractivity contribution is 1.07. The highest BCUT2D eigenvalue weighted by Crippen LogP contribution is 2.30. The first-order valence-corrected chi connectivity index (χ1v) is 4.93. The van der Waals surface area contributed by atoms with Gasteiger partial charge in [0.25, 0.3) is 0 Å². The van der Waals surface area contributed by atoms with E-state index < -0.39 is 0 Å². The predicted octanol–water partition coefficient (Wildman–Crippen LogP) is 1.88. The molecule has 0 radical (unpaired) electrons. The van der Waals surface area contributed by atoms with E-state index in [9.17, 15) is 0 Å². The molecule has 1 aliphatic heterocycles. The molecule has 0 saturated carbocycles. The first kappa shape index (κ1) is 7.95. The quantitative estimate of drug-likeness (QED) is 0.680. The Labute approximate surface area is 76.9 Å². The fraction of sp³-hybridized carbons (Fsp3) is 0.333. The summed E-state index contributed by atoms with van der Waals surface area (Å²) >= 11 is 1.69. The molecule has 3 heteroatoms. The Hall–Kier alpha value is -0.670. The maximum Gasteiger partial charge on any atom is 0.0385 e. The Morgan fingerprint density at radius 2 is 2.42 bits per heavy atom. The highest BCUT2D eigenvalue weighted by Gasteiger charge is 2.12. The smallest absolute Gasteiger partial charge is 0.0385 e. The molecule has 1 aromatic rings. The lowest BCUT2D eigenvalue weighted by atomic mass is 10.2. The predicted molar refractivity (Wildman–Crippen MR) is 53.6 cm³/mol. The van der Waals surface area contributed by atoms with Gasteiger partial charge in [0.2, 0.25) is 0 Å². The van der Waals surface area contributed by atoms with E-state index in [-0.39, 0.29) is 0 Å². The van der Waals surface area contributed by atoms with E-state index in [0.29, 0.717) is 0 Å². The minimum atomic E-state index is 1.08. The molecule has 64 valence electrons. The third-order valence-corrected chi connectivity index (χ3v) is 2.84. The van der Waals surface area contributed by atoms with Crippen molar-refractivity contribution < 1.29 is 0 Å². The number of rotatable bonds is 2. The molecule has 0 aromatic heterocycles. The third kappa shape index (κ3) is 1.30. The summed E-state index contributed by atoms with van der Waals surface area (Å²) in [5.74, 6) is 0. The van der Waals surface area contributed by atoms with E-state index in [1.807, 2.05) is 7.05 Å². The number of hydrogen-bond donors (Lipinski definition) is 2. The van der Waals surface area contributed by atoms with Crippen molar-refractivity contribution in [2.24, 2.45) is 0 Å². The van der Waals surface area contributed by atoms with Gasteiger partial charge >= 0.3 is 0 Å². The van der Waals surface area contributed by atoms with Crippen LogP contribution in [0.1, 0.15) is 5.56 Å². The van der Waals surface area contributed by atoms with E-state index in [4.69, 9.17) is 0 Å². The molecule has 0 bridgehead atoms. The average molecular weight is 180 g/mol. The van der Waals surface area contributed by atoms with Crippen molar-refractivity contribution in [1.29, 1.82) is 0 Å². The van der Waals surface area contributed by atoms with Gasteiger partial charge in [-0.15, -0.1) is 0 Å². The van der Waals surface area contributed by atoms with Crippen molar-refractivity contribution in [2.45, 2.75) is 11.3 Å². The molecular formula is C9H12N2S. The minimum Gasteiger partial charge on any atom is -0.384 e. The van der Waals surface area contributed by atoms with Crippen LogP contribution in [0.3, 0.4) is 0 Å². The molecule has 0 aliphatic carbocycles. The van der Waals surface area contributed by atoms with Gasteiger partial charge in [0, 0.05) is 17.1 Å². The van der Waals surface area contributed by atoms with Crippen molar-refractivity contribution in [2.75, 3.05) is 18.9 Å². The summed E-state index contributed by atoms with van der Waals surface area (Å²) < 4.78 is 3.10. The highest BCUT2D eigenvalue weighted by molar-refractivity contribution is 7.97. The van der Waals surface area contributed by atoms with Gasteiger partial charge in [-0.25, -0.2) is 0 Å². The van der Waals surface area contributed by atoms with Gasteiger partial charge in [-0.05, 0) is 43.1 Å². The van der Waals surface area contributed by atoms with E-state index in [1.54, 1.807) is 11.9 Å². The van der Waals surface area contributed by atoms with Crippen LogP contribution >= 0.6 is 11.9 Å². The summed E-state index contributed by atoms with van der Waals surface area (Å²) in [4.78, 5) is 1.35. The molecule has 2 rings (SSSR count). The van der Waals surface area contributed by atoms with Crippen LogP contribution in [0.25, 0.3) is 0 Å². The molecule has 0 saturated heterocycles. The molecule has 0 spiro atoms. The zero-order valence-corrected chi connectivity index (χ0v) is 7.87. The Kier molecular flexibility index (Phi) is 2.23. The maximum absolute atomic E-state index is 3.36. The summed E-state index contributed by atoms with van der Waals surface area (Å²) in [6.07, 6.45) is 1.15. The lowest BCUT2D eigenvalue weighted by Crippen LogP contribution is -1.93. The van der Waals surface area contributed by atoms with Gasteiger partial charge in [-0.1, -0.05) is 6.07 Å². The normalized spacial score (nSPS) is 14.1. The Bertz CT molecular complexity index is 286. The molecule has 1 heterocycles. The second-order valence-corrected chi connectivity index (χ2v) is 3.82. The maximum atomic E-state index is 3.36. The summed E-state index contributed by atoms with van der Waals surface area (Å²) in [5.41, 5.74) is 2.76. The summed E-state index contributed by atoms with van der Waals surface area (Å²) in [7, 11) is 1.95. The van der Waals surface area contributed by atoms with E-state index in [1.165, 1.54) is 16.1 Å². The zero-order valence-electron chi connectivity index (χ0n) is 7.05. The van der Waals surface area contributed by atoms with Crippen molar-refractivity contribution in [3.63, 3.8) is 0 Å². The van der Waals surface area contributed by atoms with Gasteiger partial charge in [0.1, 0.15) is 0 Å². The SMILES string of the molecule is CNSc1cccc2c1CCN2. The highest BCUT2D eigenvalue weighted by atomic mass is 32.2. The topological polar surface area (TPSA) is 24.1 Å². The van der Waals surface area contributed by atoms with E-state index in [0.717, 1.165) is 13.0 Å². The fourth-order valence-corrected chi connectivity index (χ4v) is 2.22. The molecule has 0 unspecified atom stereocenters. The molecule has 1 aliphatic rings. The fourth-order valence-electron chi connectivity index (χ4n) is 1.52. The average Bonchev–Trinajstić information content (AvgIpc) is 2.53. The Morgan fingerprint density at radius 3 is 3.25 bits per heavy atom. The van der Waals surface area contributed by atoms with Crippen molar-refractivity contribution in [3.8, 4) is 0 Å². The van der Waals surface area contributed by atoms with Crippen molar-refractivity contribution in [3.05, 3.63) is 23.8 Å². The summed E-state index contributed by atoms with van der Waals surface area (Å²) in [6.45, 7) is 1.08. The van der Waals surface area contributed by atoms with Crippen LogP contribution in [-0.4, -0.2) is 13.6 Å². The molecule has 0 amide bonds. The van der Waals surface area contributed by atoms with E-state index >= 15 is 0 Å². The van der Waals surface area contributed by atoms with Gasteiger partial charge in [0.15, 0.2) is 0 Å². The van der Waals surface area contributed by atoms with Crippen molar-refractivity contribution >= 4 is 17.6 Å². The van der Waals surface area contributed by atoms with Gasteiger partial charge in [0.05, 0.1) is 0 Å². The van der Waals surface area contributed by atoms with E-state index in [2.05, 4.69) is 28.2 Å². The number of anilines is 1. The van der Waals surface area contributed by atoms with Gasteiger partial charge in [-0.3, -0.25) is 4.72 Å². The first-order chi connectivity index (χ1) is 5.92. The molecule has 0 atom stereocenters. The monoisotopic (exact) mass is 180 g/mol. The Balaban J connectivity index is 2.36. The van der Waals surface area contributed by atoms with Crippen LogP contribution in [0.4, 0.5) is 5.69 Å². The largest absolute Gasteiger partial charge is 0.384 e. The molecule has 1 aromatic carbocycles. The second kappa shape index (κ2) is 3.37. The van der Waals surface area contributed by atoms with Crippen LogP contribution < -0.4 is 10.0 Å². The van der Waals surface area contributed by atoms with Gasteiger partial charge < -0.3 is 5.32 Å². The van der Waals surface area contributed by atoms with Crippen LogP contribution in [0.15, 0.2) is 23.1 Å². The number of hydrogen-bond acceptors (Lipinski definition) is 3. The molecule has 0 fully saturated rings. The molecule has 2 nitrogen and oxygen atoms in total. The lowest BCUT2D eigenvalue weighted by Gasteiger charge is -2.05. The van der Waals surface area contributed by atoms with Crippen LogP contribution in [0.5, 0.6) is 0 Å². The van der Waals surface area contributed by atoms with Gasteiger partial charge in [-0.2, -0.15) is 0 Å². The number of nitrogens with one attached hydrogen (secondary N) is 2. The second-order valence-electron chi connectivity index (χ2n) is 2.77. The van der Waals surface area contributed by atoms with Crippen LogP contribution in [-0.2, 0) is 6.42 Å².